The molecule has 0 unspecified atom stereocenters. The standard InChI is InChI=1S/C27H31FN4O2S/c1-19-6-3-9-23(16-19)32-14-12-31(13-15-32)11-5-10-29-27(34)25-20(2)17-24(35-25)30-26(33)21-7-4-8-22(28)18-21/h3-4,6-9,16-18H,5,10-15H2,1-2H3,(H,29,34)(H,30,33). The highest BCUT2D eigenvalue weighted by atomic mass is 32.1. The van der Waals surface area contributed by atoms with Gasteiger partial charge in [0.2, 0.25) is 0 Å². The first kappa shape index (κ1) is 24.9. The average molecular weight is 495 g/mol. The second-order valence-electron chi connectivity index (χ2n) is 8.86. The van der Waals surface area contributed by atoms with Crippen molar-refractivity contribution in [2.45, 2.75) is 20.3 Å². The maximum atomic E-state index is 13.4. The Morgan fingerprint density at radius 3 is 2.49 bits per heavy atom. The first-order valence-corrected chi connectivity index (χ1v) is 12.7. The van der Waals surface area contributed by atoms with Gasteiger partial charge in [0.15, 0.2) is 0 Å². The fourth-order valence-corrected chi connectivity index (χ4v) is 5.21. The first-order chi connectivity index (χ1) is 16.9. The minimum atomic E-state index is -0.465. The minimum absolute atomic E-state index is 0.136. The number of carbonyl (C=O) groups is 2. The van der Waals surface area contributed by atoms with E-state index in [-0.39, 0.29) is 11.5 Å². The number of benzene rings is 2. The van der Waals surface area contributed by atoms with E-state index in [0.29, 0.717) is 16.4 Å². The predicted molar refractivity (Wildman–Crippen MR) is 140 cm³/mol. The van der Waals surface area contributed by atoms with Crippen molar-refractivity contribution in [1.82, 2.24) is 10.2 Å². The zero-order valence-electron chi connectivity index (χ0n) is 20.1. The molecule has 1 aliphatic rings. The number of piperazine rings is 1. The number of nitrogens with one attached hydrogen (secondary N) is 2. The van der Waals surface area contributed by atoms with Gasteiger partial charge in [0.05, 0.1) is 9.88 Å². The molecule has 4 rings (SSSR count). The van der Waals surface area contributed by atoms with Crippen LogP contribution < -0.4 is 15.5 Å². The fourth-order valence-electron chi connectivity index (χ4n) is 4.22. The summed E-state index contributed by atoms with van der Waals surface area (Å²) in [5, 5.41) is 6.31. The third-order valence-corrected chi connectivity index (χ3v) is 7.27. The second-order valence-corrected chi connectivity index (χ2v) is 9.92. The summed E-state index contributed by atoms with van der Waals surface area (Å²) in [5.74, 6) is -1.00. The van der Waals surface area contributed by atoms with Gasteiger partial charge in [-0.2, -0.15) is 0 Å². The molecule has 2 amide bonds. The van der Waals surface area contributed by atoms with Gasteiger partial charge in [-0.1, -0.05) is 18.2 Å². The van der Waals surface area contributed by atoms with E-state index in [9.17, 15) is 14.0 Å². The van der Waals surface area contributed by atoms with Crippen molar-refractivity contribution in [2.75, 3.05) is 49.5 Å². The molecule has 1 aromatic heterocycles. The molecule has 0 spiro atoms. The van der Waals surface area contributed by atoms with Crippen LogP contribution in [-0.2, 0) is 0 Å². The Bertz CT molecular complexity index is 1190. The van der Waals surface area contributed by atoms with Gasteiger partial charge < -0.3 is 15.5 Å². The predicted octanol–water partition coefficient (Wildman–Crippen LogP) is 4.70. The quantitative estimate of drug-likeness (QED) is 0.446. The van der Waals surface area contributed by atoms with Gasteiger partial charge in [-0.05, 0) is 74.3 Å². The van der Waals surface area contributed by atoms with Crippen LogP contribution in [0.5, 0.6) is 0 Å². The van der Waals surface area contributed by atoms with Gasteiger partial charge in [-0.3, -0.25) is 14.5 Å². The molecule has 0 atom stereocenters. The number of thiophene rings is 1. The topological polar surface area (TPSA) is 64.7 Å². The Balaban J connectivity index is 1.19. The van der Waals surface area contributed by atoms with Crippen LogP contribution in [0.1, 0.15) is 37.6 Å². The SMILES string of the molecule is Cc1cccc(N2CCN(CCCNC(=O)c3sc(NC(=O)c4cccc(F)c4)cc3C)CC2)c1. The van der Waals surface area contributed by atoms with Crippen LogP contribution in [0.3, 0.4) is 0 Å². The Kier molecular flexibility index (Phi) is 8.15. The number of aryl methyl sites for hydroxylation is 2. The fraction of sp³-hybridized carbons (Fsp3) is 0.333. The maximum absolute atomic E-state index is 13.4. The smallest absolute Gasteiger partial charge is 0.261 e. The summed E-state index contributed by atoms with van der Waals surface area (Å²) in [6.07, 6.45) is 0.879. The minimum Gasteiger partial charge on any atom is -0.369 e. The summed E-state index contributed by atoms with van der Waals surface area (Å²) in [5.41, 5.74) is 3.61. The number of hydrogen-bond acceptors (Lipinski definition) is 5. The number of rotatable bonds is 8. The lowest BCUT2D eigenvalue weighted by molar-refractivity contribution is 0.0954. The molecule has 2 aromatic carbocycles. The highest BCUT2D eigenvalue weighted by Crippen LogP contribution is 2.27. The number of anilines is 2. The number of halogens is 1. The van der Waals surface area contributed by atoms with Crippen LogP contribution in [0.25, 0.3) is 0 Å². The first-order valence-electron chi connectivity index (χ1n) is 11.9. The number of amides is 2. The summed E-state index contributed by atoms with van der Waals surface area (Å²) in [6, 6.07) is 15.9. The van der Waals surface area contributed by atoms with Crippen LogP contribution in [0.4, 0.5) is 15.1 Å². The van der Waals surface area contributed by atoms with E-state index in [0.717, 1.165) is 44.7 Å². The average Bonchev–Trinajstić information content (AvgIpc) is 3.22. The molecule has 2 N–H and O–H groups in total. The van der Waals surface area contributed by atoms with Gasteiger partial charge in [-0.15, -0.1) is 11.3 Å². The highest BCUT2D eigenvalue weighted by Gasteiger charge is 2.18. The molecule has 0 radical (unpaired) electrons. The van der Waals surface area contributed by atoms with E-state index in [2.05, 4.69) is 51.6 Å². The third-order valence-electron chi connectivity index (χ3n) is 6.12. The zero-order valence-corrected chi connectivity index (χ0v) is 21.0. The van der Waals surface area contributed by atoms with Crippen LogP contribution in [0.2, 0.25) is 0 Å². The molecule has 3 aromatic rings. The molecule has 6 nitrogen and oxygen atoms in total. The van der Waals surface area contributed by atoms with Gasteiger partial charge in [0.25, 0.3) is 11.8 Å². The molecule has 0 saturated carbocycles. The molecule has 184 valence electrons. The zero-order chi connectivity index (χ0) is 24.8. The largest absolute Gasteiger partial charge is 0.369 e. The van der Waals surface area contributed by atoms with Gasteiger partial charge in [0.1, 0.15) is 5.82 Å². The maximum Gasteiger partial charge on any atom is 0.261 e. The molecule has 8 heteroatoms. The normalized spacial score (nSPS) is 14.1. The molecular weight excluding hydrogens is 463 g/mol. The Hall–Kier alpha value is -3.23. The van der Waals surface area contributed by atoms with E-state index in [4.69, 9.17) is 0 Å². The van der Waals surface area contributed by atoms with Gasteiger partial charge in [0, 0.05) is 44.0 Å². The molecule has 0 bridgehead atoms. The van der Waals surface area contributed by atoms with Crippen LogP contribution in [0, 0.1) is 19.7 Å². The Morgan fingerprint density at radius 2 is 1.74 bits per heavy atom. The lowest BCUT2D eigenvalue weighted by atomic mass is 10.2. The summed E-state index contributed by atoms with van der Waals surface area (Å²) in [7, 11) is 0. The summed E-state index contributed by atoms with van der Waals surface area (Å²) < 4.78 is 13.4. The Morgan fingerprint density at radius 1 is 0.971 bits per heavy atom. The number of nitrogens with zero attached hydrogens (tertiary/aromatic N) is 2. The van der Waals surface area contributed by atoms with Crippen molar-refractivity contribution in [3.05, 3.63) is 82.0 Å². The molecular formula is C27H31FN4O2S. The van der Waals surface area contributed by atoms with Crippen molar-refractivity contribution in [2.24, 2.45) is 0 Å². The van der Waals surface area contributed by atoms with E-state index < -0.39 is 11.7 Å². The van der Waals surface area contributed by atoms with Crippen LogP contribution in [-0.4, -0.2) is 56.0 Å². The second kappa shape index (κ2) is 11.5. The highest BCUT2D eigenvalue weighted by molar-refractivity contribution is 7.18. The van der Waals surface area contributed by atoms with Gasteiger partial charge in [-0.25, -0.2) is 4.39 Å². The molecule has 0 aliphatic carbocycles. The molecule has 1 aliphatic heterocycles. The molecule has 35 heavy (non-hydrogen) atoms. The van der Waals surface area contributed by atoms with Crippen LogP contribution in [0.15, 0.2) is 54.6 Å². The van der Waals surface area contributed by atoms with Crippen molar-refractivity contribution >= 4 is 33.8 Å². The Labute approximate surface area is 209 Å². The van der Waals surface area contributed by atoms with Crippen molar-refractivity contribution in [3.63, 3.8) is 0 Å². The lowest BCUT2D eigenvalue weighted by Gasteiger charge is -2.36. The molecule has 1 saturated heterocycles. The van der Waals surface area contributed by atoms with Crippen molar-refractivity contribution < 1.29 is 14.0 Å². The van der Waals surface area contributed by atoms with E-state index in [1.54, 1.807) is 12.1 Å². The van der Waals surface area contributed by atoms with Crippen LogP contribution >= 0.6 is 11.3 Å². The van der Waals surface area contributed by atoms with E-state index >= 15 is 0 Å². The van der Waals surface area contributed by atoms with E-state index in [1.807, 2.05) is 6.92 Å². The monoisotopic (exact) mass is 494 g/mol. The van der Waals surface area contributed by atoms with Crippen molar-refractivity contribution in [1.29, 1.82) is 0 Å². The number of hydrogen-bond donors (Lipinski definition) is 2. The third kappa shape index (κ3) is 6.68. The molecule has 1 fully saturated rings. The summed E-state index contributed by atoms with van der Waals surface area (Å²) in [4.78, 5) is 30.5. The lowest BCUT2D eigenvalue weighted by Crippen LogP contribution is -2.47. The van der Waals surface area contributed by atoms with Crippen molar-refractivity contribution in [3.8, 4) is 0 Å². The summed E-state index contributed by atoms with van der Waals surface area (Å²) in [6.45, 7) is 9.55. The molecule has 2 heterocycles. The van der Waals surface area contributed by atoms with Gasteiger partial charge >= 0.3 is 0 Å². The van der Waals surface area contributed by atoms with E-state index in [1.165, 1.54) is 40.8 Å². The number of carbonyl (C=O) groups excluding carboxylic acids is 2. The summed E-state index contributed by atoms with van der Waals surface area (Å²) >= 11 is 1.23.